The third-order valence-electron chi connectivity index (χ3n) is 3.42. The van der Waals surface area contributed by atoms with E-state index in [0.29, 0.717) is 5.69 Å². The molecule has 0 saturated carbocycles. The van der Waals surface area contributed by atoms with Gasteiger partial charge in [-0.1, -0.05) is 24.3 Å². The van der Waals surface area contributed by atoms with Crippen molar-refractivity contribution in [3.63, 3.8) is 0 Å². The van der Waals surface area contributed by atoms with Crippen LogP contribution in [0.2, 0.25) is 0 Å². The van der Waals surface area contributed by atoms with Crippen molar-refractivity contribution in [3.8, 4) is 15.6 Å². The number of ether oxygens (including phenoxy) is 1. The first-order chi connectivity index (χ1) is 11.2. The Kier molecular flexibility index (Phi) is 4.73. The highest BCUT2D eigenvalue weighted by molar-refractivity contribution is 7.20. The van der Waals surface area contributed by atoms with E-state index in [-0.39, 0.29) is 11.9 Å². The van der Waals surface area contributed by atoms with Crippen molar-refractivity contribution in [3.05, 3.63) is 58.4 Å². The molecule has 0 aliphatic carbocycles. The molecule has 0 saturated heterocycles. The van der Waals surface area contributed by atoms with Crippen LogP contribution in [0.5, 0.6) is 5.75 Å². The second-order valence-electron chi connectivity index (χ2n) is 4.95. The molecule has 1 unspecified atom stereocenters. The molecule has 0 fully saturated rings. The van der Waals surface area contributed by atoms with E-state index in [1.54, 1.807) is 23.8 Å². The van der Waals surface area contributed by atoms with Crippen molar-refractivity contribution < 1.29 is 9.53 Å². The van der Waals surface area contributed by atoms with Crippen molar-refractivity contribution in [2.24, 2.45) is 0 Å². The molecule has 0 radical (unpaired) electrons. The number of nitrogens with one attached hydrogen (secondary N) is 1. The van der Waals surface area contributed by atoms with Gasteiger partial charge in [0, 0.05) is 10.9 Å². The van der Waals surface area contributed by atoms with Crippen molar-refractivity contribution in [1.82, 2.24) is 10.3 Å². The summed E-state index contributed by atoms with van der Waals surface area (Å²) in [6, 6.07) is 11.5. The molecule has 0 aliphatic rings. The SMILES string of the molecule is COc1ccccc1C(C)NC(=O)c1csc(-c2cccs2)n1. The number of methoxy groups -OCH3 is 1. The van der Waals surface area contributed by atoms with E-state index in [1.807, 2.05) is 48.7 Å². The predicted octanol–water partition coefficient (Wildman–Crippen LogP) is 4.37. The second kappa shape index (κ2) is 6.93. The van der Waals surface area contributed by atoms with Gasteiger partial charge in [0.2, 0.25) is 0 Å². The third kappa shape index (κ3) is 3.43. The fourth-order valence-corrected chi connectivity index (χ4v) is 3.88. The minimum Gasteiger partial charge on any atom is -0.496 e. The first kappa shape index (κ1) is 15.7. The summed E-state index contributed by atoms with van der Waals surface area (Å²) in [7, 11) is 1.63. The molecule has 3 aromatic rings. The number of hydrogen-bond acceptors (Lipinski definition) is 5. The Balaban J connectivity index is 1.74. The van der Waals surface area contributed by atoms with Gasteiger partial charge in [-0.15, -0.1) is 22.7 Å². The third-order valence-corrected chi connectivity index (χ3v) is 5.30. The first-order valence-electron chi connectivity index (χ1n) is 7.12. The summed E-state index contributed by atoms with van der Waals surface area (Å²) >= 11 is 3.10. The number of nitrogens with zero attached hydrogens (tertiary/aromatic N) is 1. The molecule has 2 heterocycles. The van der Waals surface area contributed by atoms with Gasteiger partial charge < -0.3 is 10.1 Å². The lowest BCUT2D eigenvalue weighted by Gasteiger charge is -2.16. The zero-order valence-electron chi connectivity index (χ0n) is 12.8. The van der Waals surface area contributed by atoms with Gasteiger partial charge in [-0.05, 0) is 24.4 Å². The highest BCUT2D eigenvalue weighted by Gasteiger charge is 2.17. The Morgan fingerprint density at radius 2 is 2.04 bits per heavy atom. The van der Waals surface area contributed by atoms with E-state index < -0.39 is 0 Å². The van der Waals surface area contributed by atoms with Crippen LogP contribution in [0.1, 0.15) is 29.0 Å². The van der Waals surface area contributed by atoms with E-state index in [4.69, 9.17) is 4.74 Å². The highest BCUT2D eigenvalue weighted by atomic mass is 32.1. The van der Waals surface area contributed by atoms with E-state index in [9.17, 15) is 4.79 Å². The summed E-state index contributed by atoms with van der Waals surface area (Å²) < 4.78 is 5.34. The predicted molar refractivity (Wildman–Crippen MR) is 94.3 cm³/mol. The van der Waals surface area contributed by atoms with E-state index in [1.165, 1.54) is 11.3 Å². The molecule has 0 spiro atoms. The molecule has 118 valence electrons. The lowest BCUT2D eigenvalue weighted by molar-refractivity contribution is 0.0935. The highest BCUT2D eigenvalue weighted by Crippen LogP contribution is 2.28. The summed E-state index contributed by atoms with van der Waals surface area (Å²) in [5.41, 5.74) is 1.39. The lowest BCUT2D eigenvalue weighted by atomic mass is 10.1. The van der Waals surface area contributed by atoms with Crippen LogP contribution in [-0.2, 0) is 0 Å². The molecule has 2 aromatic heterocycles. The molecule has 0 bridgehead atoms. The van der Waals surface area contributed by atoms with Gasteiger partial charge in [0.25, 0.3) is 5.91 Å². The topological polar surface area (TPSA) is 51.2 Å². The average Bonchev–Trinajstić information content (AvgIpc) is 3.25. The number of carbonyl (C=O) groups is 1. The second-order valence-corrected chi connectivity index (χ2v) is 6.76. The fraction of sp³-hybridized carbons (Fsp3) is 0.176. The van der Waals surface area contributed by atoms with Crippen LogP contribution in [0.4, 0.5) is 0 Å². The van der Waals surface area contributed by atoms with Crippen LogP contribution in [0.15, 0.2) is 47.2 Å². The Labute approximate surface area is 142 Å². The number of hydrogen-bond donors (Lipinski definition) is 1. The number of benzene rings is 1. The number of amides is 1. The molecule has 4 nitrogen and oxygen atoms in total. The maximum Gasteiger partial charge on any atom is 0.271 e. The van der Waals surface area contributed by atoms with Crippen LogP contribution >= 0.6 is 22.7 Å². The summed E-state index contributed by atoms with van der Waals surface area (Å²) in [5, 5.41) is 7.64. The average molecular weight is 344 g/mol. The maximum atomic E-state index is 12.4. The Morgan fingerprint density at radius 1 is 1.22 bits per heavy atom. The van der Waals surface area contributed by atoms with E-state index in [2.05, 4.69) is 10.3 Å². The van der Waals surface area contributed by atoms with Gasteiger partial charge in [-0.2, -0.15) is 0 Å². The zero-order valence-corrected chi connectivity index (χ0v) is 14.4. The van der Waals surface area contributed by atoms with Crippen LogP contribution in [0.3, 0.4) is 0 Å². The Bertz CT molecular complexity index is 797. The molecular formula is C17H16N2O2S2. The number of thiazole rings is 1. The minimum absolute atomic E-state index is 0.162. The molecule has 1 aromatic carbocycles. The van der Waals surface area contributed by atoms with E-state index in [0.717, 1.165) is 21.2 Å². The van der Waals surface area contributed by atoms with Crippen LogP contribution in [-0.4, -0.2) is 18.0 Å². The van der Waals surface area contributed by atoms with Crippen molar-refractivity contribution in [2.75, 3.05) is 7.11 Å². The summed E-state index contributed by atoms with van der Waals surface area (Å²) in [5.74, 6) is 0.584. The van der Waals surface area contributed by atoms with Crippen LogP contribution in [0.25, 0.3) is 9.88 Å². The Morgan fingerprint density at radius 3 is 2.78 bits per heavy atom. The number of carbonyl (C=O) groups excluding carboxylic acids is 1. The molecule has 1 amide bonds. The molecule has 23 heavy (non-hydrogen) atoms. The molecule has 1 N–H and O–H groups in total. The summed E-state index contributed by atoms with van der Waals surface area (Å²) in [6.07, 6.45) is 0. The standard InChI is InChI=1S/C17H16N2O2S2/c1-11(12-6-3-4-7-14(12)21-2)18-16(20)13-10-23-17(19-13)15-8-5-9-22-15/h3-11H,1-2H3,(H,18,20). The van der Waals surface area contributed by atoms with Crippen molar-refractivity contribution in [1.29, 1.82) is 0 Å². The summed E-state index contributed by atoms with van der Waals surface area (Å²) in [4.78, 5) is 17.9. The quantitative estimate of drug-likeness (QED) is 0.748. The molecule has 3 rings (SSSR count). The maximum absolute atomic E-state index is 12.4. The van der Waals surface area contributed by atoms with Gasteiger partial charge in [0.1, 0.15) is 16.5 Å². The largest absolute Gasteiger partial charge is 0.496 e. The number of para-hydroxylation sites is 1. The van der Waals surface area contributed by atoms with Crippen molar-refractivity contribution in [2.45, 2.75) is 13.0 Å². The van der Waals surface area contributed by atoms with Gasteiger partial charge in [-0.25, -0.2) is 4.98 Å². The number of aromatic nitrogens is 1. The molecule has 1 atom stereocenters. The smallest absolute Gasteiger partial charge is 0.271 e. The first-order valence-corrected chi connectivity index (χ1v) is 8.88. The van der Waals surface area contributed by atoms with Gasteiger partial charge in [-0.3, -0.25) is 4.79 Å². The van der Waals surface area contributed by atoms with Gasteiger partial charge in [0.15, 0.2) is 0 Å². The minimum atomic E-state index is -0.178. The molecular weight excluding hydrogens is 328 g/mol. The van der Waals surface area contributed by atoms with Crippen LogP contribution < -0.4 is 10.1 Å². The van der Waals surface area contributed by atoms with Crippen LogP contribution in [0, 0.1) is 0 Å². The summed E-state index contributed by atoms with van der Waals surface area (Å²) in [6.45, 7) is 1.93. The van der Waals surface area contributed by atoms with Gasteiger partial charge in [0.05, 0.1) is 18.0 Å². The van der Waals surface area contributed by atoms with Crippen molar-refractivity contribution >= 4 is 28.6 Å². The molecule has 6 heteroatoms. The number of rotatable bonds is 5. The monoisotopic (exact) mass is 344 g/mol. The van der Waals surface area contributed by atoms with E-state index >= 15 is 0 Å². The zero-order chi connectivity index (χ0) is 16.2. The normalized spacial score (nSPS) is 11.9. The fourth-order valence-electron chi connectivity index (χ4n) is 2.26. The van der Waals surface area contributed by atoms with Gasteiger partial charge >= 0.3 is 0 Å². The Hall–Kier alpha value is -2.18. The lowest BCUT2D eigenvalue weighted by Crippen LogP contribution is -2.27. The number of thiophene rings is 1. The molecule has 0 aliphatic heterocycles.